The van der Waals surface area contributed by atoms with E-state index in [0.29, 0.717) is 6.61 Å². The molecule has 4 heteroatoms. The Hall–Kier alpha value is -0.420. The van der Waals surface area contributed by atoms with Gasteiger partial charge in [0.05, 0.1) is 18.8 Å². The summed E-state index contributed by atoms with van der Waals surface area (Å²) in [6.07, 6.45) is 5.01. The van der Waals surface area contributed by atoms with Crippen molar-refractivity contribution in [3.05, 3.63) is 34.3 Å². The second kappa shape index (κ2) is 9.57. The Kier molecular flexibility index (Phi) is 7.72. The molecule has 21 heavy (non-hydrogen) atoms. The number of hydrogen-bond acceptors (Lipinski definition) is 3. The topological polar surface area (TPSA) is 30.5 Å². The highest BCUT2D eigenvalue weighted by atomic mass is 79.9. The van der Waals surface area contributed by atoms with Crippen LogP contribution in [0.5, 0.6) is 0 Å². The number of rotatable bonds is 8. The Morgan fingerprint density at radius 3 is 2.95 bits per heavy atom. The number of benzene rings is 1. The molecular formula is C17H26BrNO2. The van der Waals surface area contributed by atoms with Gasteiger partial charge in [-0.25, -0.2) is 0 Å². The van der Waals surface area contributed by atoms with Crippen molar-refractivity contribution in [3.63, 3.8) is 0 Å². The lowest BCUT2D eigenvalue weighted by Crippen LogP contribution is -2.29. The van der Waals surface area contributed by atoms with E-state index in [9.17, 15) is 0 Å². The van der Waals surface area contributed by atoms with Gasteiger partial charge >= 0.3 is 0 Å². The van der Waals surface area contributed by atoms with E-state index in [1.54, 1.807) is 0 Å². The quantitative estimate of drug-likeness (QED) is 0.712. The first kappa shape index (κ1) is 16.9. The maximum absolute atomic E-state index is 6.18. The monoisotopic (exact) mass is 355 g/mol. The Morgan fingerprint density at radius 2 is 2.24 bits per heavy atom. The van der Waals surface area contributed by atoms with Crippen LogP contribution in [0.2, 0.25) is 0 Å². The molecule has 0 radical (unpaired) electrons. The van der Waals surface area contributed by atoms with Gasteiger partial charge in [-0.3, -0.25) is 0 Å². The summed E-state index contributed by atoms with van der Waals surface area (Å²) < 4.78 is 13.0. The van der Waals surface area contributed by atoms with Crippen molar-refractivity contribution < 1.29 is 9.47 Å². The summed E-state index contributed by atoms with van der Waals surface area (Å²) >= 11 is 3.63. The third kappa shape index (κ3) is 5.70. The van der Waals surface area contributed by atoms with E-state index >= 15 is 0 Å². The van der Waals surface area contributed by atoms with Crippen LogP contribution in [-0.2, 0) is 9.47 Å². The first-order valence-electron chi connectivity index (χ1n) is 7.99. The van der Waals surface area contributed by atoms with Gasteiger partial charge in [-0.2, -0.15) is 0 Å². The summed E-state index contributed by atoms with van der Waals surface area (Å²) in [5, 5.41) is 3.46. The molecule has 1 aromatic carbocycles. The fourth-order valence-electron chi connectivity index (χ4n) is 2.57. The minimum atomic E-state index is 0.0673. The van der Waals surface area contributed by atoms with Gasteiger partial charge in [-0.05, 0) is 43.9 Å². The summed E-state index contributed by atoms with van der Waals surface area (Å²) in [5.41, 5.74) is 1.21. The highest BCUT2D eigenvalue weighted by Gasteiger charge is 2.19. The molecule has 118 valence electrons. The predicted octanol–water partition coefficient (Wildman–Crippen LogP) is 4.08. The first-order chi connectivity index (χ1) is 10.3. The third-order valence-corrected chi connectivity index (χ3v) is 4.49. The Bertz CT molecular complexity index is 408. The van der Waals surface area contributed by atoms with E-state index in [0.717, 1.165) is 37.0 Å². The van der Waals surface area contributed by atoms with Crippen LogP contribution in [0.3, 0.4) is 0 Å². The fraction of sp³-hybridized carbons (Fsp3) is 0.647. The van der Waals surface area contributed by atoms with Crippen LogP contribution in [0.15, 0.2) is 28.7 Å². The lowest BCUT2D eigenvalue weighted by molar-refractivity contribution is -0.0634. The maximum Gasteiger partial charge on any atom is 0.0961 e. The van der Waals surface area contributed by atoms with Crippen molar-refractivity contribution in [2.45, 2.75) is 44.8 Å². The summed E-state index contributed by atoms with van der Waals surface area (Å²) in [6, 6.07) is 8.30. The molecule has 3 nitrogen and oxygen atoms in total. The molecule has 2 unspecified atom stereocenters. The maximum atomic E-state index is 6.18. The van der Waals surface area contributed by atoms with Crippen molar-refractivity contribution in [2.24, 2.45) is 0 Å². The molecule has 1 N–H and O–H groups in total. The predicted molar refractivity (Wildman–Crippen MR) is 89.6 cm³/mol. The highest BCUT2D eigenvalue weighted by Crippen LogP contribution is 2.26. The van der Waals surface area contributed by atoms with Crippen molar-refractivity contribution in [1.29, 1.82) is 0 Å². The second-order valence-electron chi connectivity index (χ2n) is 5.54. The smallest absolute Gasteiger partial charge is 0.0961 e. The molecule has 0 aromatic heterocycles. The zero-order valence-corrected chi connectivity index (χ0v) is 14.4. The lowest BCUT2D eigenvalue weighted by atomic mass is 10.1. The SMILES string of the molecule is CCCNCC(OCC1CCCCO1)c1ccccc1Br. The van der Waals surface area contributed by atoms with Crippen molar-refractivity contribution in [1.82, 2.24) is 5.32 Å². The molecule has 0 bridgehead atoms. The van der Waals surface area contributed by atoms with Gasteiger partial charge in [-0.1, -0.05) is 41.1 Å². The lowest BCUT2D eigenvalue weighted by Gasteiger charge is -2.26. The molecule has 2 rings (SSSR count). The zero-order chi connectivity index (χ0) is 14.9. The van der Waals surface area contributed by atoms with Crippen LogP contribution in [0.25, 0.3) is 0 Å². The van der Waals surface area contributed by atoms with E-state index < -0.39 is 0 Å². The largest absolute Gasteiger partial charge is 0.376 e. The number of hydrogen-bond donors (Lipinski definition) is 1. The standard InChI is InChI=1S/C17H26BrNO2/c1-2-10-19-12-17(15-8-3-4-9-16(15)18)21-13-14-7-5-6-11-20-14/h3-4,8-9,14,17,19H,2,5-7,10-13H2,1H3. The second-order valence-corrected chi connectivity index (χ2v) is 6.39. The molecule has 0 amide bonds. The average molecular weight is 356 g/mol. The van der Waals surface area contributed by atoms with Crippen LogP contribution in [0.4, 0.5) is 0 Å². The molecule has 1 aliphatic heterocycles. The van der Waals surface area contributed by atoms with Crippen molar-refractivity contribution in [2.75, 3.05) is 26.3 Å². The molecular weight excluding hydrogens is 330 g/mol. The van der Waals surface area contributed by atoms with Crippen LogP contribution in [0, 0.1) is 0 Å². The Balaban J connectivity index is 1.93. The van der Waals surface area contributed by atoms with Crippen LogP contribution < -0.4 is 5.32 Å². The molecule has 1 aromatic rings. The van der Waals surface area contributed by atoms with E-state index in [-0.39, 0.29) is 12.2 Å². The van der Waals surface area contributed by atoms with E-state index in [1.807, 2.05) is 6.07 Å². The molecule has 1 saturated heterocycles. The van der Waals surface area contributed by atoms with Crippen molar-refractivity contribution in [3.8, 4) is 0 Å². The first-order valence-corrected chi connectivity index (χ1v) is 8.79. The van der Waals surface area contributed by atoms with Gasteiger partial charge < -0.3 is 14.8 Å². The van der Waals surface area contributed by atoms with E-state index in [4.69, 9.17) is 9.47 Å². The van der Waals surface area contributed by atoms with Crippen LogP contribution in [0.1, 0.15) is 44.3 Å². The molecule has 0 aliphatic carbocycles. The molecule has 0 spiro atoms. The molecule has 0 saturated carbocycles. The fourth-order valence-corrected chi connectivity index (χ4v) is 3.11. The zero-order valence-electron chi connectivity index (χ0n) is 12.8. The van der Waals surface area contributed by atoms with Gasteiger partial charge in [0.25, 0.3) is 0 Å². The van der Waals surface area contributed by atoms with Crippen LogP contribution in [-0.4, -0.2) is 32.4 Å². The summed E-state index contributed by atoms with van der Waals surface area (Å²) in [7, 11) is 0. The Labute approximate surface area is 136 Å². The van der Waals surface area contributed by atoms with E-state index in [2.05, 4.69) is 46.4 Å². The highest BCUT2D eigenvalue weighted by molar-refractivity contribution is 9.10. The molecule has 1 aliphatic rings. The summed E-state index contributed by atoms with van der Waals surface area (Å²) in [6.45, 7) is 5.59. The van der Waals surface area contributed by atoms with Gasteiger partial charge in [0.1, 0.15) is 0 Å². The number of nitrogens with one attached hydrogen (secondary N) is 1. The Morgan fingerprint density at radius 1 is 1.38 bits per heavy atom. The van der Waals surface area contributed by atoms with Gasteiger partial charge in [0.15, 0.2) is 0 Å². The summed E-state index contributed by atoms with van der Waals surface area (Å²) in [5.74, 6) is 0. The van der Waals surface area contributed by atoms with Gasteiger partial charge in [0.2, 0.25) is 0 Å². The minimum absolute atomic E-state index is 0.0673. The molecule has 2 atom stereocenters. The van der Waals surface area contributed by atoms with Gasteiger partial charge in [-0.15, -0.1) is 0 Å². The third-order valence-electron chi connectivity index (χ3n) is 3.77. The average Bonchev–Trinajstić information content (AvgIpc) is 2.53. The minimum Gasteiger partial charge on any atom is -0.376 e. The number of halogens is 1. The molecule has 1 fully saturated rings. The van der Waals surface area contributed by atoms with Gasteiger partial charge in [0, 0.05) is 17.6 Å². The number of ether oxygens (including phenoxy) is 2. The molecule has 1 heterocycles. The van der Waals surface area contributed by atoms with Crippen LogP contribution >= 0.6 is 15.9 Å². The summed E-state index contributed by atoms with van der Waals surface area (Å²) in [4.78, 5) is 0. The normalized spacial score (nSPS) is 20.4. The van der Waals surface area contributed by atoms with Crippen molar-refractivity contribution >= 4 is 15.9 Å². The van der Waals surface area contributed by atoms with E-state index in [1.165, 1.54) is 18.4 Å².